The van der Waals surface area contributed by atoms with Crippen LogP contribution in [-0.4, -0.2) is 45.9 Å². The van der Waals surface area contributed by atoms with E-state index in [9.17, 15) is 4.79 Å². The molecule has 1 aromatic carbocycles. The van der Waals surface area contributed by atoms with Crippen molar-refractivity contribution >= 4 is 22.2 Å². The van der Waals surface area contributed by atoms with Gasteiger partial charge in [-0.25, -0.2) is 4.98 Å². The van der Waals surface area contributed by atoms with Gasteiger partial charge in [-0.1, -0.05) is 37.3 Å². The number of aromatic nitrogens is 2. The Hall–Kier alpha value is -2.18. The summed E-state index contributed by atoms with van der Waals surface area (Å²) >= 11 is 1.58. The average Bonchev–Trinajstić information content (AvgIpc) is 3.37. The predicted octanol–water partition coefficient (Wildman–Crippen LogP) is 3.21. The van der Waals surface area contributed by atoms with Crippen molar-refractivity contribution in [1.82, 2.24) is 19.6 Å². The second-order valence-corrected chi connectivity index (χ2v) is 7.61. The Morgan fingerprint density at radius 3 is 3.00 bits per heavy atom. The van der Waals surface area contributed by atoms with Crippen LogP contribution in [0.4, 0.5) is 0 Å². The summed E-state index contributed by atoms with van der Waals surface area (Å²) in [5.74, 6) is 0.0858. The number of nitrogens with one attached hydrogen (secondary N) is 1. The first-order valence-electron chi connectivity index (χ1n) is 9.26. The Labute approximate surface area is 157 Å². The van der Waals surface area contributed by atoms with E-state index in [2.05, 4.69) is 34.3 Å². The maximum Gasteiger partial charge on any atom is 0.226 e. The van der Waals surface area contributed by atoms with Gasteiger partial charge >= 0.3 is 0 Å². The lowest BCUT2D eigenvalue weighted by Gasteiger charge is -2.22. The van der Waals surface area contributed by atoms with Crippen LogP contribution in [0.5, 0.6) is 0 Å². The van der Waals surface area contributed by atoms with Crippen LogP contribution in [0.25, 0.3) is 16.2 Å². The van der Waals surface area contributed by atoms with Crippen LogP contribution < -0.4 is 5.32 Å². The maximum absolute atomic E-state index is 12.4. The van der Waals surface area contributed by atoms with Crippen molar-refractivity contribution in [1.29, 1.82) is 0 Å². The molecule has 1 N–H and O–H groups in total. The third-order valence-electron chi connectivity index (χ3n) is 5.13. The van der Waals surface area contributed by atoms with E-state index in [1.165, 1.54) is 12.8 Å². The summed E-state index contributed by atoms with van der Waals surface area (Å²) in [6, 6.07) is 10.6. The summed E-state index contributed by atoms with van der Waals surface area (Å²) in [5.41, 5.74) is 3.04. The number of nitrogens with zero attached hydrogens (tertiary/aromatic N) is 3. The lowest BCUT2D eigenvalue weighted by molar-refractivity contribution is -0.120. The summed E-state index contributed by atoms with van der Waals surface area (Å²) in [6.45, 7) is 5.15. The first kappa shape index (κ1) is 17.2. The molecule has 26 heavy (non-hydrogen) atoms. The summed E-state index contributed by atoms with van der Waals surface area (Å²) in [7, 11) is 0. The Morgan fingerprint density at radius 2 is 2.19 bits per heavy atom. The van der Waals surface area contributed by atoms with Crippen LogP contribution in [0.2, 0.25) is 0 Å². The van der Waals surface area contributed by atoms with Crippen LogP contribution in [0.1, 0.15) is 25.5 Å². The topological polar surface area (TPSA) is 49.6 Å². The first-order chi connectivity index (χ1) is 12.7. The molecule has 2 aromatic heterocycles. The van der Waals surface area contributed by atoms with E-state index >= 15 is 0 Å². The van der Waals surface area contributed by atoms with Crippen molar-refractivity contribution in [3.05, 3.63) is 47.6 Å². The second-order valence-electron chi connectivity index (χ2n) is 6.78. The number of carbonyl (C=O) groups is 1. The van der Waals surface area contributed by atoms with Gasteiger partial charge in [0.05, 0.1) is 12.1 Å². The molecule has 4 rings (SSSR count). The number of hydrogen-bond donors (Lipinski definition) is 1. The minimum atomic E-state index is 0.0858. The van der Waals surface area contributed by atoms with Crippen molar-refractivity contribution in [3.8, 4) is 11.3 Å². The van der Waals surface area contributed by atoms with Crippen LogP contribution in [0.15, 0.2) is 41.9 Å². The number of amides is 1. The molecule has 0 spiro atoms. The number of likely N-dealkylation sites (tertiary alicyclic amines) is 1. The molecule has 1 aliphatic rings. The van der Waals surface area contributed by atoms with E-state index < -0.39 is 0 Å². The SMILES string of the molecule is CCN1CCC[C@H]1CNC(=O)Cc1csc2nc(-c3ccccc3)cn12. The zero-order valence-corrected chi connectivity index (χ0v) is 15.8. The Bertz CT molecular complexity index is 886. The number of imidazole rings is 1. The molecule has 0 saturated carbocycles. The van der Waals surface area contributed by atoms with Crippen molar-refractivity contribution in [2.75, 3.05) is 19.6 Å². The van der Waals surface area contributed by atoms with Gasteiger partial charge in [0.25, 0.3) is 0 Å². The van der Waals surface area contributed by atoms with Crippen LogP contribution in [0.3, 0.4) is 0 Å². The van der Waals surface area contributed by atoms with Gasteiger partial charge in [0.1, 0.15) is 0 Å². The fraction of sp³-hybridized carbons (Fsp3) is 0.400. The molecule has 3 aromatic rings. The van der Waals surface area contributed by atoms with Crippen molar-refractivity contribution in [2.45, 2.75) is 32.2 Å². The van der Waals surface area contributed by atoms with Crippen LogP contribution in [0, 0.1) is 0 Å². The second kappa shape index (κ2) is 7.60. The van der Waals surface area contributed by atoms with Gasteiger partial charge in [0.2, 0.25) is 5.91 Å². The molecule has 0 unspecified atom stereocenters. The quantitative estimate of drug-likeness (QED) is 0.727. The van der Waals surface area contributed by atoms with Crippen LogP contribution >= 0.6 is 11.3 Å². The summed E-state index contributed by atoms with van der Waals surface area (Å²) in [5, 5.41) is 5.15. The van der Waals surface area contributed by atoms with E-state index in [0.29, 0.717) is 12.5 Å². The normalized spacial score (nSPS) is 17.8. The molecular formula is C20H24N4OS. The molecule has 136 valence electrons. The zero-order chi connectivity index (χ0) is 17.9. The third kappa shape index (κ3) is 3.52. The Balaban J connectivity index is 1.42. The highest BCUT2D eigenvalue weighted by Gasteiger charge is 2.23. The summed E-state index contributed by atoms with van der Waals surface area (Å²) < 4.78 is 2.04. The number of hydrogen-bond acceptors (Lipinski definition) is 4. The molecule has 0 aliphatic carbocycles. The van der Waals surface area contributed by atoms with Crippen molar-refractivity contribution in [2.24, 2.45) is 0 Å². The minimum Gasteiger partial charge on any atom is -0.354 e. The van der Waals surface area contributed by atoms with Gasteiger partial charge < -0.3 is 5.32 Å². The molecule has 0 radical (unpaired) electrons. The highest BCUT2D eigenvalue weighted by atomic mass is 32.1. The molecule has 1 amide bonds. The lowest BCUT2D eigenvalue weighted by Crippen LogP contribution is -2.40. The number of fused-ring (bicyclic) bond motifs is 1. The van der Waals surface area contributed by atoms with Crippen molar-refractivity contribution in [3.63, 3.8) is 0 Å². The van der Waals surface area contributed by atoms with E-state index in [1.807, 2.05) is 34.2 Å². The third-order valence-corrected chi connectivity index (χ3v) is 6.02. The van der Waals surface area contributed by atoms with Crippen LogP contribution in [-0.2, 0) is 11.2 Å². The van der Waals surface area contributed by atoms with Gasteiger partial charge in [0.15, 0.2) is 4.96 Å². The lowest BCUT2D eigenvalue weighted by atomic mass is 10.2. The number of carbonyl (C=O) groups excluding carboxylic acids is 1. The molecular weight excluding hydrogens is 344 g/mol. The molecule has 1 aliphatic heterocycles. The molecule has 0 bridgehead atoms. The highest BCUT2D eigenvalue weighted by Crippen LogP contribution is 2.23. The molecule has 3 heterocycles. The fourth-order valence-corrected chi connectivity index (χ4v) is 4.58. The van der Waals surface area contributed by atoms with E-state index in [0.717, 1.165) is 41.5 Å². The predicted molar refractivity (Wildman–Crippen MR) is 105 cm³/mol. The van der Waals surface area contributed by atoms with Gasteiger partial charge in [-0.05, 0) is 25.9 Å². The van der Waals surface area contributed by atoms with E-state index in [-0.39, 0.29) is 5.91 Å². The molecule has 6 heteroatoms. The van der Waals surface area contributed by atoms with Gasteiger partial charge in [0, 0.05) is 35.4 Å². The van der Waals surface area contributed by atoms with Gasteiger partial charge in [-0.15, -0.1) is 11.3 Å². The van der Waals surface area contributed by atoms with E-state index in [1.54, 1.807) is 11.3 Å². The Kier molecular flexibility index (Phi) is 5.04. The summed E-state index contributed by atoms with van der Waals surface area (Å²) in [4.78, 5) is 20.5. The standard InChI is InChI=1S/C20H24N4OS/c1-2-23-10-6-9-16(23)12-21-19(25)11-17-14-26-20-22-18(13-24(17)20)15-7-4-3-5-8-15/h3-5,7-8,13-14,16H,2,6,9-12H2,1H3,(H,21,25)/t16-/m0/s1. The van der Waals surface area contributed by atoms with E-state index in [4.69, 9.17) is 0 Å². The smallest absolute Gasteiger partial charge is 0.226 e. The zero-order valence-electron chi connectivity index (χ0n) is 15.0. The largest absolute Gasteiger partial charge is 0.354 e. The first-order valence-corrected chi connectivity index (χ1v) is 10.1. The minimum absolute atomic E-state index is 0.0858. The van der Waals surface area contributed by atoms with Crippen molar-refractivity contribution < 1.29 is 4.79 Å². The number of likely N-dealkylation sites (N-methyl/N-ethyl adjacent to an activating group) is 1. The maximum atomic E-state index is 12.4. The fourth-order valence-electron chi connectivity index (χ4n) is 3.71. The highest BCUT2D eigenvalue weighted by molar-refractivity contribution is 7.15. The van der Waals surface area contributed by atoms with Gasteiger partial charge in [-0.3, -0.25) is 14.1 Å². The number of benzene rings is 1. The monoisotopic (exact) mass is 368 g/mol. The molecule has 1 fully saturated rings. The average molecular weight is 369 g/mol. The molecule has 1 atom stereocenters. The number of thiazole rings is 1. The molecule has 1 saturated heterocycles. The Morgan fingerprint density at radius 1 is 1.35 bits per heavy atom. The molecule has 5 nitrogen and oxygen atoms in total. The van der Waals surface area contributed by atoms with Gasteiger partial charge in [-0.2, -0.15) is 0 Å². The summed E-state index contributed by atoms with van der Waals surface area (Å²) in [6.07, 6.45) is 4.83. The number of rotatable bonds is 6.